The average molecular weight is 172 g/mol. The van der Waals surface area contributed by atoms with E-state index in [9.17, 15) is 5.11 Å². The Balaban J connectivity index is 3.25. The van der Waals surface area contributed by atoms with Crippen LogP contribution < -0.4 is 5.32 Å². The molecular weight excluding hydrogens is 152 g/mol. The first-order valence-electron chi connectivity index (χ1n) is 4.25. The minimum absolute atomic E-state index is 0.549. The molecule has 0 amide bonds. The number of nitrogens with zero attached hydrogens (tertiary/aromatic N) is 1. The maximum atomic E-state index is 9.27. The van der Waals surface area contributed by atoms with Crippen molar-refractivity contribution in [3.63, 3.8) is 0 Å². The van der Waals surface area contributed by atoms with Crippen LogP contribution in [0.3, 0.4) is 0 Å². The highest BCUT2D eigenvalue weighted by atomic mass is 16.3. The predicted octanol–water partition coefficient (Wildman–Crippen LogP) is 0.422. The summed E-state index contributed by atoms with van der Waals surface area (Å²) in [5.74, 6) is 0. The van der Waals surface area contributed by atoms with Crippen LogP contribution >= 0.6 is 0 Å². The minimum atomic E-state index is -0.549. The molecule has 0 aliphatic rings. The van der Waals surface area contributed by atoms with Gasteiger partial charge in [0.25, 0.3) is 0 Å². The van der Waals surface area contributed by atoms with E-state index in [4.69, 9.17) is 0 Å². The summed E-state index contributed by atoms with van der Waals surface area (Å²) in [5.41, 5.74) is 0.764. The predicted molar refractivity (Wildman–Crippen MR) is 52.0 cm³/mol. The van der Waals surface area contributed by atoms with Gasteiger partial charge >= 0.3 is 0 Å². The van der Waals surface area contributed by atoms with E-state index >= 15 is 0 Å². The SMILES string of the molecule is C=C(C)C(O)NCCCN(C)C. The summed E-state index contributed by atoms with van der Waals surface area (Å²) >= 11 is 0. The molecule has 0 rings (SSSR count). The first kappa shape index (κ1) is 11.6. The van der Waals surface area contributed by atoms with E-state index in [0.29, 0.717) is 0 Å². The molecule has 0 fully saturated rings. The van der Waals surface area contributed by atoms with Crippen LogP contribution in [0.1, 0.15) is 13.3 Å². The summed E-state index contributed by atoms with van der Waals surface area (Å²) in [6.07, 6.45) is 0.490. The Morgan fingerprint density at radius 3 is 2.58 bits per heavy atom. The summed E-state index contributed by atoms with van der Waals surface area (Å²) < 4.78 is 0. The second-order valence-corrected chi connectivity index (χ2v) is 3.36. The van der Waals surface area contributed by atoms with E-state index in [1.54, 1.807) is 0 Å². The molecule has 0 spiro atoms. The molecular formula is C9H20N2O. The van der Waals surface area contributed by atoms with Crippen LogP contribution in [0.25, 0.3) is 0 Å². The van der Waals surface area contributed by atoms with E-state index in [1.807, 2.05) is 21.0 Å². The van der Waals surface area contributed by atoms with Gasteiger partial charge in [0.05, 0.1) is 0 Å². The normalized spacial score (nSPS) is 13.4. The number of nitrogens with one attached hydrogen (secondary N) is 1. The highest BCUT2D eigenvalue weighted by molar-refractivity contribution is 4.94. The molecule has 3 nitrogen and oxygen atoms in total. The van der Waals surface area contributed by atoms with Gasteiger partial charge in [-0.3, -0.25) is 5.32 Å². The first-order valence-corrected chi connectivity index (χ1v) is 4.25. The quantitative estimate of drug-likeness (QED) is 0.346. The van der Waals surface area contributed by atoms with Gasteiger partial charge in [0.15, 0.2) is 0 Å². The van der Waals surface area contributed by atoms with Crippen molar-refractivity contribution in [2.24, 2.45) is 0 Å². The third kappa shape index (κ3) is 6.34. The molecule has 0 aliphatic heterocycles. The molecule has 1 atom stereocenters. The van der Waals surface area contributed by atoms with E-state index in [-0.39, 0.29) is 0 Å². The van der Waals surface area contributed by atoms with Crippen LogP contribution in [0, 0.1) is 0 Å². The molecule has 0 heterocycles. The Hall–Kier alpha value is -0.380. The zero-order valence-electron chi connectivity index (χ0n) is 8.30. The second-order valence-electron chi connectivity index (χ2n) is 3.36. The zero-order valence-corrected chi connectivity index (χ0v) is 8.30. The van der Waals surface area contributed by atoms with Crippen molar-refractivity contribution in [1.82, 2.24) is 10.2 Å². The molecule has 2 N–H and O–H groups in total. The highest BCUT2D eigenvalue weighted by Crippen LogP contribution is 1.92. The lowest BCUT2D eigenvalue weighted by Crippen LogP contribution is -2.31. The monoisotopic (exact) mass is 172 g/mol. The van der Waals surface area contributed by atoms with Gasteiger partial charge in [-0.25, -0.2) is 0 Å². The van der Waals surface area contributed by atoms with Crippen molar-refractivity contribution < 1.29 is 5.11 Å². The summed E-state index contributed by atoms with van der Waals surface area (Å²) in [5, 5.41) is 12.2. The third-order valence-electron chi connectivity index (χ3n) is 1.59. The van der Waals surface area contributed by atoms with Gasteiger partial charge in [-0.05, 0) is 46.1 Å². The van der Waals surface area contributed by atoms with Crippen LogP contribution in [-0.4, -0.2) is 43.4 Å². The zero-order chi connectivity index (χ0) is 9.56. The molecule has 0 radical (unpaired) electrons. The van der Waals surface area contributed by atoms with Gasteiger partial charge in [0, 0.05) is 0 Å². The van der Waals surface area contributed by atoms with Crippen LogP contribution in [0.2, 0.25) is 0 Å². The third-order valence-corrected chi connectivity index (χ3v) is 1.59. The molecule has 0 aromatic heterocycles. The number of hydrogen-bond acceptors (Lipinski definition) is 3. The Labute approximate surface area is 75.1 Å². The van der Waals surface area contributed by atoms with Gasteiger partial charge in [-0.15, -0.1) is 0 Å². The Kier molecular flexibility index (Phi) is 5.98. The van der Waals surface area contributed by atoms with Gasteiger partial charge in [-0.1, -0.05) is 6.58 Å². The van der Waals surface area contributed by atoms with Crippen molar-refractivity contribution in [1.29, 1.82) is 0 Å². The number of aliphatic hydroxyl groups excluding tert-OH is 1. The molecule has 3 heteroatoms. The van der Waals surface area contributed by atoms with Crippen molar-refractivity contribution >= 4 is 0 Å². The highest BCUT2D eigenvalue weighted by Gasteiger charge is 2.01. The lowest BCUT2D eigenvalue weighted by atomic mass is 10.3. The smallest absolute Gasteiger partial charge is 0.126 e. The van der Waals surface area contributed by atoms with E-state index in [2.05, 4.69) is 16.8 Å². The summed E-state index contributed by atoms with van der Waals surface area (Å²) in [6, 6.07) is 0. The summed E-state index contributed by atoms with van der Waals surface area (Å²) in [7, 11) is 4.07. The molecule has 0 saturated carbocycles. The minimum Gasteiger partial charge on any atom is -0.375 e. The lowest BCUT2D eigenvalue weighted by molar-refractivity contribution is 0.171. The topological polar surface area (TPSA) is 35.5 Å². The van der Waals surface area contributed by atoms with Crippen molar-refractivity contribution in [3.8, 4) is 0 Å². The number of aliphatic hydroxyl groups is 1. The number of hydrogen-bond donors (Lipinski definition) is 2. The van der Waals surface area contributed by atoms with Crippen LogP contribution in [0.5, 0.6) is 0 Å². The van der Waals surface area contributed by atoms with Crippen molar-refractivity contribution in [2.75, 3.05) is 27.2 Å². The standard InChI is InChI=1S/C9H20N2O/c1-8(2)9(12)10-6-5-7-11(3)4/h9-10,12H,1,5-7H2,2-4H3. The van der Waals surface area contributed by atoms with Crippen LogP contribution in [0.4, 0.5) is 0 Å². The fourth-order valence-corrected chi connectivity index (χ4v) is 0.808. The summed E-state index contributed by atoms with van der Waals surface area (Å²) in [6.45, 7) is 7.32. The van der Waals surface area contributed by atoms with E-state index < -0.39 is 6.23 Å². The fraction of sp³-hybridized carbons (Fsp3) is 0.778. The van der Waals surface area contributed by atoms with Gasteiger partial charge in [0.2, 0.25) is 0 Å². The molecule has 0 aliphatic carbocycles. The van der Waals surface area contributed by atoms with Gasteiger partial charge in [0.1, 0.15) is 6.23 Å². The van der Waals surface area contributed by atoms with E-state index in [1.165, 1.54) is 0 Å². The Morgan fingerprint density at radius 2 is 2.17 bits per heavy atom. The molecule has 1 unspecified atom stereocenters. The van der Waals surface area contributed by atoms with Gasteiger partial charge < -0.3 is 10.0 Å². The Morgan fingerprint density at radius 1 is 1.58 bits per heavy atom. The second kappa shape index (κ2) is 6.17. The molecule has 12 heavy (non-hydrogen) atoms. The van der Waals surface area contributed by atoms with Crippen LogP contribution in [-0.2, 0) is 0 Å². The van der Waals surface area contributed by atoms with Crippen molar-refractivity contribution in [3.05, 3.63) is 12.2 Å². The largest absolute Gasteiger partial charge is 0.375 e. The molecule has 0 aromatic carbocycles. The maximum absolute atomic E-state index is 9.27. The van der Waals surface area contributed by atoms with Gasteiger partial charge in [-0.2, -0.15) is 0 Å². The van der Waals surface area contributed by atoms with Crippen LogP contribution in [0.15, 0.2) is 12.2 Å². The van der Waals surface area contributed by atoms with Crippen molar-refractivity contribution in [2.45, 2.75) is 19.6 Å². The molecule has 0 bridgehead atoms. The molecule has 72 valence electrons. The lowest BCUT2D eigenvalue weighted by Gasteiger charge is -2.13. The number of rotatable bonds is 6. The fourth-order valence-electron chi connectivity index (χ4n) is 0.808. The molecule has 0 saturated heterocycles. The Bertz CT molecular complexity index is 134. The molecule has 0 aromatic rings. The van der Waals surface area contributed by atoms with E-state index in [0.717, 1.165) is 25.1 Å². The maximum Gasteiger partial charge on any atom is 0.126 e. The summed E-state index contributed by atoms with van der Waals surface area (Å²) in [4.78, 5) is 2.12. The average Bonchev–Trinajstić information content (AvgIpc) is 1.97. The first-order chi connectivity index (χ1) is 5.54.